The van der Waals surface area contributed by atoms with Gasteiger partial charge in [-0.25, -0.2) is 12.8 Å². The van der Waals surface area contributed by atoms with Crippen LogP contribution in [0.2, 0.25) is 0 Å². The summed E-state index contributed by atoms with van der Waals surface area (Å²) in [4.78, 5) is 12.3. The molecule has 0 spiro atoms. The van der Waals surface area contributed by atoms with Crippen molar-refractivity contribution >= 4 is 21.6 Å². The van der Waals surface area contributed by atoms with Gasteiger partial charge in [0, 0.05) is 17.8 Å². The molecule has 5 nitrogen and oxygen atoms in total. The first-order valence-corrected chi connectivity index (χ1v) is 10.0. The number of halogens is 1. The van der Waals surface area contributed by atoms with E-state index in [0.717, 1.165) is 11.1 Å². The van der Waals surface area contributed by atoms with Crippen molar-refractivity contribution in [1.82, 2.24) is 5.32 Å². The molecule has 0 aliphatic carbocycles. The number of sulfonamides is 1. The molecule has 3 rings (SSSR count). The Morgan fingerprint density at radius 3 is 2.32 bits per heavy atom. The van der Waals surface area contributed by atoms with Crippen LogP contribution in [0.3, 0.4) is 0 Å². The molecule has 0 atom stereocenters. The van der Waals surface area contributed by atoms with Crippen LogP contribution >= 0.6 is 0 Å². The summed E-state index contributed by atoms with van der Waals surface area (Å²) < 4.78 is 40.6. The third kappa shape index (κ3) is 4.95. The molecule has 144 valence electrons. The quantitative estimate of drug-likeness (QED) is 0.662. The summed E-state index contributed by atoms with van der Waals surface area (Å²) in [5.41, 5.74) is 2.41. The first-order chi connectivity index (χ1) is 13.3. The number of aryl methyl sites for hydroxylation is 1. The Bertz CT molecular complexity index is 1080. The molecule has 7 heteroatoms. The molecule has 2 N–H and O–H groups in total. The first kappa shape index (κ1) is 19.6. The zero-order chi connectivity index (χ0) is 20.1. The third-order valence-corrected chi connectivity index (χ3v) is 5.46. The van der Waals surface area contributed by atoms with E-state index in [-0.39, 0.29) is 22.8 Å². The molecule has 0 saturated carbocycles. The maximum Gasteiger partial charge on any atom is 0.261 e. The van der Waals surface area contributed by atoms with E-state index in [2.05, 4.69) is 10.0 Å². The van der Waals surface area contributed by atoms with E-state index in [9.17, 15) is 17.6 Å². The minimum atomic E-state index is -3.83. The molecular formula is C21H19FN2O3S. The fourth-order valence-electron chi connectivity index (χ4n) is 2.53. The van der Waals surface area contributed by atoms with Crippen molar-refractivity contribution in [1.29, 1.82) is 0 Å². The average molecular weight is 398 g/mol. The Hall–Kier alpha value is -3.19. The molecular weight excluding hydrogens is 379 g/mol. The number of rotatable bonds is 6. The van der Waals surface area contributed by atoms with Crippen LogP contribution < -0.4 is 10.0 Å². The number of carbonyl (C=O) groups is 1. The fraction of sp³-hybridized carbons (Fsp3) is 0.0952. The van der Waals surface area contributed by atoms with Crippen molar-refractivity contribution in [2.45, 2.75) is 18.4 Å². The molecule has 0 fully saturated rings. The Balaban J connectivity index is 1.72. The maximum absolute atomic E-state index is 12.9. The monoisotopic (exact) mass is 398 g/mol. The van der Waals surface area contributed by atoms with Crippen molar-refractivity contribution in [3.63, 3.8) is 0 Å². The van der Waals surface area contributed by atoms with Crippen molar-refractivity contribution in [3.8, 4) is 0 Å². The van der Waals surface area contributed by atoms with Crippen LogP contribution in [-0.4, -0.2) is 14.3 Å². The summed E-state index contributed by atoms with van der Waals surface area (Å²) in [6.45, 7) is 2.12. The lowest BCUT2D eigenvalue weighted by atomic mass is 10.2. The lowest BCUT2D eigenvalue weighted by Crippen LogP contribution is -2.23. The van der Waals surface area contributed by atoms with E-state index in [0.29, 0.717) is 5.69 Å². The van der Waals surface area contributed by atoms with Gasteiger partial charge in [-0.1, -0.05) is 35.9 Å². The minimum Gasteiger partial charge on any atom is -0.348 e. The topological polar surface area (TPSA) is 75.3 Å². The second kappa shape index (κ2) is 8.22. The average Bonchev–Trinajstić information content (AvgIpc) is 2.69. The van der Waals surface area contributed by atoms with Gasteiger partial charge in [-0.15, -0.1) is 0 Å². The predicted octanol–water partition coefficient (Wildman–Crippen LogP) is 3.86. The van der Waals surface area contributed by atoms with Gasteiger partial charge in [0.25, 0.3) is 15.9 Å². The molecule has 0 unspecified atom stereocenters. The predicted molar refractivity (Wildman–Crippen MR) is 106 cm³/mol. The highest BCUT2D eigenvalue weighted by molar-refractivity contribution is 7.92. The summed E-state index contributed by atoms with van der Waals surface area (Å²) >= 11 is 0. The zero-order valence-corrected chi connectivity index (χ0v) is 16.0. The second-order valence-electron chi connectivity index (χ2n) is 6.31. The van der Waals surface area contributed by atoms with Crippen LogP contribution in [0.4, 0.5) is 10.1 Å². The molecule has 0 radical (unpaired) electrons. The molecule has 0 bridgehead atoms. The normalized spacial score (nSPS) is 11.1. The van der Waals surface area contributed by atoms with Crippen molar-refractivity contribution in [2.75, 3.05) is 4.72 Å². The van der Waals surface area contributed by atoms with Crippen LogP contribution in [0, 0.1) is 12.7 Å². The van der Waals surface area contributed by atoms with E-state index in [1.807, 2.05) is 6.92 Å². The van der Waals surface area contributed by atoms with E-state index < -0.39 is 15.9 Å². The van der Waals surface area contributed by atoms with Gasteiger partial charge in [-0.05, 0) is 55.0 Å². The molecule has 0 heterocycles. The van der Waals surface area contributed by atoms with Crippen LogP contribution in [-0.2, 0) is 16.6 Å². The van der Waals surface area contributed by atoms with Crippen molar-refractivity contribution in [3.05, 3.63) is 95.3 Å². The SMILES string of the molecule is Cc1ccc(NS(=O)(=O)c2cccc(C(=O)NCc3ccc(F)cc3)c2)cc1. The Morgan fingerprint density at radius 1 is 0.964 bits per heavy atom. The molecule has 3 aromatic rings. The highest BCUT2D eigenvalue weighted by atomic mass is 32.2. The molecule has 28 heavy (non-hydrogen) atoms. The van der Waals surface area contributed by atoms with E-state index in [1.54, 1.807) is 36.4 Å². The fourth-order valence-corrected chi connectivity index (χ4v) is 3.63. The number of hydrogen-bond donors (Lipinski definition) is 2. The number of amides is 1. The van der Waals surface area contributed by atoms with Crippen LogP contribution in [0.1, 0.15) is 21.5 Å². The highest BCUT2D eigenvalue weighted by Gasteiger charge is 2.16. The van der Waals surface area contributed by atoms with Crippen LogP contribution in [0.5, 0.6) is 0 Å². The summed E-state index contributed by atoms with van der Waals surface area (Å²) in [7, 11) is -3.83. The van der Waals surface area contributed by atoms with Gasteiger partial charge in [-0.2, -0.15) is 0 Å². The summed E-state index contributed by atoms with van der Waals surface area (Å²) in [6.07, 6.45) is 0. The van der Waals surface area contributed by atoms with Crippen LogP contribution in [0.15, 0.2) is 77.7 Å². The second-order valence-corrected chi connectivity index (χ2v) is 7.99. The molecule has 0 saturated heterocycles. The lowest BCUT2D eigenvalue weighted by molar-refractivity contribution is 0.0950. The lowest BCUT2D eigenvalue weighted by Gasteiger charge is -2.10. The largest absolute Gasteiger partial charge is 0.348 e. The van der Waals surface area contributed by atoms with Gasteiger partial charge in [0.2, 0.25) is 0 Å². The van der Waals surface area contributed by atoms with E-state index in [4.69, 9.17) is 0 Å². The number of carbonyl (C=O) groups excluding carboxylic acids is 1. The number of nitrogens with one attached hydrogen (secondary N) is 2. The first-order valence-electron chi connectivity index (χ1n) is 8.56. The Kier molecular flexibility index (Phi) is 5.75. The van der Waals surface area contributed by atoms with E-state index >= 15 is 0 Å². The number of anilines is 1. The third-order valence-electron chi connectivity index (χ3n) is 4.08. The van der Waals surface area contributed by atoms with Crippen molar-refractivity contribution < 1.29 is 17.6 Å². The number of hydrogen-bond acceptors (Lipinski definition) is 3. The Morgan fingerprint density at radius 2 is 1.64 bits per heavy atom. The molecule has 0 aromatic heterocycles. The van der Waals surface area contributed by atoms with Gasteiger partial charge >= 0.3 is 0 Å². The maximum atomic E-state index is 12.9. The molecule has 0 aliphatic rings. The zero-order valence-electron chi connectivity index (χ0n) is 15.1. The number of benzene rings is 3. The van der Waals surface area contributed by atoms with Gasteiger partial charge in [0.15, 0.2) is 0 Å². The van der Waals surface area contributed by atoms with Gasteiger partial charge in [-0.3, -0.25) is 9.52 Å². The van der Waals surface area contributed by atoms with Gasteiger partial charge in [0.05, 0.1) is 4.90 Å². The van der Waals surface area contributed by atoms with Crippen molar-refractivity contribution in [2.24, 2.45) is 0 Å². The van der Waals surface area contributed by atoms with Gasteiger partial charge in [0.1, 0.15) is 5.82 Å². The summed E-state index contributed by atoms with van der Waals surface area (Å²) in [6, 6.07) is 18.5. The Labute approximate surface area is 163 Å². The smallest absolute Gasteiger partial charge is 0.261 e. The summed E-state index contributed by atoms with van der Waals surface area (Å²) in [5.74, 6) is -0.772. The molecule has 3 aromatic carbocycles. The standard InChI is InChI=1S/C21H19FN2O3S/c1-15-5-11-19(12-6-15)24-28(26,27)20-4-2-3-17(13-20)21(25)23-14-16-7-9-18(22)10-8-16/h2-13,24H,14H2,1H3,(H,23,25). The molecule has 0 aliphatic heterocycles. The highest BCUT2D eigenvalue weighted by Crippen LogP contribution is 2.18. The minimum absolute atomic E-state index is 0.0116. The van der Waals surface area contributed by atoms with Gasteiger partial charge < -0.3 is 5.32 Å². The van der Waals surface area contributed by atoms with Crippen LogP contribution in [0.25, 0.3) is 0 Å². The van der Waals surface area contributed by atoms with E-state index in [1.165, 1.54) is 36.4 Å². The molecule has 1 amide bonds. The summed E-state index contributed by atoms with van der Waals surface area (Å²) in [5, 5.41) is 2.69.